The van der Waals surface area contributed by atoms with Gasteiger partial charge in [0.2, 0.25) is 0 Å². The monoisotopic (exact) mass is 219 g/mol. The van der Waals surface area contributed by atoms with Gasteiger partial charge < -0.3 is 10.5 Å². The number of rotatable bonds is 4. The Balaban J connectivity index is 2.84. The number of alkyl halides is 2. The van der Waals surface area contributed by atoms with Crippen molar-refractivity contribution >= 4 is 0 Å². The number of benzene rings is 1. The molecule has 0 aliphatic carbocycles. The number of hydrogen-bond acceptors (Lipinski definition) is 2. The Hall–Kier alpha value is -1.23. The highest BCUT2D eigenvalue weighted by atomic mass is 19.3. The second kappa shape index (κ2) is 5.02. The average Bonchev–Trinajstić information content (AvgIpc) is 2.20. The molecule has 0 heterocycles. The van der Waals surface area contributed by atoms with Gasteiger partial charge in [0.15, 0.2) is 0 Å². The number of methoxy groups -OCH3 is 1. The largest absolute Gasteiger partial charge is 0.496 e. The highest BCUT2D eigenvalue weighted by Crippen LogP contribution is 2.21. The van der Waals surface area contributed by atoms with Crippen LogP contribution in [0.5, 0.6) is 5.75 Å². The molecular weight excluding hydrogens is 207 g/mol. The lowest BCUT2D eigenvalue weighted by molar-refractivity contribution is 0.115. The van der Waals surface area contributed by atoms with E-state index in [1.54, 1.807) is 0 Å². The summed E-state index contributed by atoms with van der Waals surface area (Å²) in [5.74, 6) is -0.229. The van der Waals surface area contributed by atoms with Crippen LogP contribution in [0.25, 0.3) is 0 Å². The van der Waals surface area contributed by atoms with E-state index < -0.39 is 18.3 Å². The van der Waals surface area contributed by atoms with E-state index in [1.165, 1.54) is 19.2 Å². The van der Waals surface area contributed by atoms with Crippen LogP contribution in [0.1, 0.15) is 5.56 Å². The molecule has 5 heteroatoms. The van der Waals surface area contributed by atoms with Crippen molar-refractivity contribution in [3.63, 3.8) is 0 Å². The van der Waals surface area contributed by atoms with Gasteiger partial charge in [0.1, 0.15) is 11.6 Å². The predicted molar refractivity (Wildman–Crippen MR) is 50.6 cm³/mol. The molecule has 84 valence electrons. The normalized spacial score (nSPS) is 12.9. The molecule has 0 fully saturated rings. The first-order valence-corrected chi connectivity index (χ1v) is 4.40. The zero-order valence-electron chi connectivity index (χ0n) is 8.21. The summed E-state index contributed by atoms with van der Waals surface area (Å²) in [4.78, 5) is 0. The van der Waals surface area contributed by atoms with E-state index in [0.29, 0.717) is 5.56 Å². The zero-order valence-corrected chi connectivity index (χ0v) is 8.21. The smallest absolute Gasteiger partial charge is 0.253 e. The average molecular weight is 219 g/mol. The lowest BCUT2D eigenvalue weighted by Gasteiger charge is -2.13. The van der Waals surface area contributed by atoms with Crippen LogP contribution in [0.15, 0.2) is 18.2 Å². The van der Waals surface area contributed by atoms with Gasteiger partial charge >= 0.3 is 0 Å². The Bertz CT molecular complexity index is 330. The zero-order chi connectivity index (χ0) is 11.4. The van der Waals surface area contributed by atoms with Gasteiger partial charge in [0.25, 0.3) is 6.43 Å². The van der Waals surface area contributed by atoms with E-state index in [4.69, 9.17) is 10.5 Å². The summed E-state index contributed by atoms with van der Waals surface area (Å²) in [6.07, 6.45) is -2.64. The van der Waals surface area contributed by atoms with Gasteiger partial charge in [-0.15, -0.1) is 0 Å². The molecule has 0 aliphatic heterocycles. The summed E-state index contributed by atoms with van der Waals surface area (Å²) >= 11 is 0. The quantitative estimate of drug-likeness (QED) is 0.840. The van der Waals surface area contributed by atoms with Crippen LogP contribution < -0.4 is 10.5 Å². The van der Waals surface area contributed by atoms with Crippen molar-refractivity contribution in [2.24, 2.45) is 5.73 Å². The van der Waals surface area contributed by atoms with E-state index in [2.05, 4.69) is 0 Å². The fourth-order valence-electron chi connectivity index (χ4n) is 1.23. The summed E-state index contributed by atoms with van der Waals surface area (Å²) < 4.78 is 42.0. The Morgan fingerprint density at radius 1 is 1.40 bits per heavy atom. The molecule has 15 heavy (non-hydrogen) atoms. The van der Waals surface area contributed by atoms with Gasteiger partial charge in [-0.3, -0.25) is 0 Å². The summed E-state index contributed by atoms with van der Waals surface area (Å²) in [6.45, 7) is 0. The van der Waals surface area contributed by atoms with Crippen LogP contribution in [0.3, 0.4) is 0 Å². The topological polar surface area (TPSA) is 35.2 Å². The van der Waals surface area contributed by atoms with Crippen molar-refractivity contribution in [1.29, 1.82) is 0 Å². The Kier molecular flexibility index (Phi) is 3.96. The van der Waals surface area contributed by atoms with E-state index in [1.807, 2.05) is 0 Å². The standard InChI is InChI=1S/C10H12F3NO/c1-15-9-5-7(11)3-2-6(9)4-8(14)10(12)13/h2-3,5,8,10H,4,14H2,1H3. The molecule has 0 aromatic heterocycles. The Morgan fingerprint density at radius 2 is 2.07 bits per heavy atom. The first kappa shape index (κ1) is 11.8. The van der Waals surface area contributed by atoms with Gasteiger partial charge in [-0.2, -0.15) is 0 Å². The third-order valence-corrected chi connectivity index (χ3v) is 2.03. The van der Waals surface area contributed by atoms with Gasteiger partial charge in [0.05, 0.1) is 13.2 Å². The van der Waals surface area contributed by atoms with Crippen molar-refractivity contribution in [2.75, 3.05) is 7.11 Å². The maximum absolute atomic E-state index is 12.8. The molecule has 0 bridgehead atoms. The van der Waals surface area contributed by atoms with E-state index in [-0.39, 0.29) is 12.2 Å². The molecule has 2 nitrogen and oxygen atoms in total. The minimum absolute atomic E-state index is 0.0406. The van der Waals surface area contributed by atoms with E-state index in [9.17, 15) is 13.2 Å². The second-order valence-corrected chi connectivity index (χ2v) is 3.16. The Morgan fingerprint density at radius 3 is 2.60 bits per heavy atom. The van der Waals surface area contributed by atoms with Crippen LogP contribution in [0.4, 0.5) is 13.2 Å². The second-order valence-electron chi connectivity index (χ2n) is 3.16. The summed E-state index contributed by atoms with van der Waals surface area (Å²) in [5, 5.41) is 0. The predicted octanol–water partition coefficient (Wildman–Crippen LogP) is 1.97. The van der Waals surface area contributed by atoms with Crippen molar-refractivity contribution in [3.8, 4) is 5.75 Å². The lowest BCUT2D eigenvalue weighted by atomic mass is 10.1. The first-order chi connectivity index (χ1) is 7.04. The highest BCUT2D eigenvalue weighted by molar-refractivity contribution is 5.34. The summed E-state index contributed by atoms with van der Waals surface area (Å²) in [5.41, 5.74) is 5.69. The molecule has 0 saturated carbocycles. The van der Waals surface area contributed by atoms with Crippen LogP contribution in [0, 0.1) is 5.82 Å². The molecule has 1 aromatic carbocycles. The van der Waals surface area contributed by atoms with Gasteiger partial charge in [-0.1, -0.05) is 6.07 Å². The molecule has 0 amide bonds. The molecule has 1 aromatic rings. The molecule has 1 atom stereocenters. The highest BCUT2D eigenvalue weighted by Gasteiger charge is 2.17. The molecule has 1 unspecified atom stereocenters. The number of ether oxygens (including phenoxy) is 1. The van der Waals surface area contributed by atoms with Crippen LogP contribution in [-0.2, 0) is 6.42 Å². The summed E-state index contributed by atoms with van der Waals surface area (Å²) in [6, 6.07) is 2.48. The van der Waals surface area contributed by atoms with Crippen molar-refractivity contribution in [2.45, 2.75) is 18.9 Å². The minimum Gasteiger partial charge on any atom is -0.496 e. The molecule has 2 N–H and O–H groups in total. The van der Waals surface area contributed by atoms with Crippen LogP contribution in [-0.4, -0.2) is 19.6 Å². The van der Waals surface area contributed by atoms with Gasteiger partial charge in [0, 0.05) is 6.07 Å². The molecule has 0 spiro atoms. The van der Waals surface area contributed by atoms with Gasteiger partial charge in [-0.05, 0) is 18.1 Å². The minimum atomic E-state index is -2.60. The van der Waals surface area contributed by atoms with Crippen LogP contribution >= 0.6 is 0 Å². The number of hydrogen-bond donors (Lipinski definition) is 1. The molecule has 1 rings (SSSR count). The molecular formula is C10H12F3NO. The maximum atomic E-state index is 12.8. The SMILES string of the molecule is COc1cc(F)ccc1CC(N)C(F)F. The molecule has 0 radical (unpaired) electrons. The van der Waals surface area contributed by atoms with E-state index in [0.717, 1.165) is 6.07 Å². The third kappa shape index (κ3) is 3.13. The van der Waals surface area contributed by atoms with Crippen LogP contribution in [0.2, 0.25) is 0 Å². The molecule has 0 saturated heterocycles. The maximum Gasteiger partial charge on any atom is 0.253 e. The Labute approximate surface area is 85.8 Å². The molecule has 0 aliphatic rings. The summed E-state index contributed by atoms with van der Waals surface area (Å²) in [7, 11) is 1.35. The third-order valence-electron chi connectivity index (χ3n) is 2.03. The van der Waals surface area contributed by atoms with Crippen molar-refractivity contribution in [3.05, 3.63) is 29.6 Å². The van der Waals surface area contributed by atoms with Crippen molar-refractivity contribution < 1.29 is 17.9 Å². The fourth-order valence-corrected chi connectivity index (χ4v) is 1.23. The fraction of sp³-hybridized carbons (Fsp3) is 0.400. The number of halogens is 3. The number of nitrogens with two attached hydrogens (primary N) is 1. The first-order valence-electron chi connectivity index (χ1n) is 4.40. The van der Waals surface area contributed by atoms with Crippen molar-refractivity contribution in [1.82, 2.24) is 0 Å². The van der Waals surface area contributed by atoms with Gasteiger partial charge in [-0.25, -0.2) is 13.2 Å². The lowest BCUT2D eigenvalue weighted by Crippen LogP contribution is -2.31. The van der Waals surface area contributed by atoms with E-state index >= 15 is 0 Å².